The van der Waals surface area contributed by atoms with Crippen molar-refractivity contribution in [2.45, 2.75) is 30.6 Å². The van der Waals surface area contributed by atoms with Gasteiger partial charge in [-0.3, -0.25) is 0 Å². The van der Waals surface area contributed by atoms with E-state index in [4.69, 9.17) is 19.9 Å². The molecule has 0 bridgehead atoms. The topological polar surface area (TPSA) is 79.0 Å². The van der Waals surface area contributed by atoms with E-state index in [9.17, 15) is 4.39 Å². The molecule has 0 amide bonds. The molecular formula is C19H18FN3O3. The first kappa shape index (κ1) is 15.6. The van der Waals surface area contributed by atoms with Crippen molar-refractivity contribution >= 4 is 6.02 Å². The molecule has 1 saturated heterocycles. The van der Waals surface area contributed by atoms with Crippen LogP contribution in [0.4, 0.5) is 4.39 Å². The predicted molar refractivity (Wildman–Crippen MR) is 92.3 cm³/mol. The third kappa shape index (κ3) is 2.20. The van der Waals surface area contributed by atoms with Crippen molar-refractivity contribution in [1.29, 1.82) is 0 Å². The molecule has 134 valence electrons. The molecule has 26 heavy (non-hydrogen) atoms. The van der Waals surface area contributed by atoms with Gasteiger partial charge < -0.3 is 19.9 Å². The number of pyridine rings is 1. The van der Waals surface area contributed by atoms with Crippen molar-refractivity contribution in [1.82, 2.24) is 4.98 Å². The molecule has 0 saturated carbocycles. The summed E-state index contributed by atoms with van der Waals surface area (Å²) in [6, 6.07) is 9.12. The molecule has 2 aromatic rings. The molecule has 1 aromatic carbocycles. The van der Waals surface area contributed by atoms with Gasteiger partial charge in [0.1, 0.15) is 24.6 Å². The molecule has 1 aromatic heterocycles. The number of aliphatic imine (C=N–C) groups is 1. The monoisotopic (exact) mass is 355 g/mol. The van der Waals surface area contributed by atoms with Crippen molar-refractivity contribution in [3.63, 3.8) is 0 Å². The number of aromatic nitrogens is 1. The quantitative estimate of drug-likeness (QED) is 0.795. The number of ether oxygens (including phenoxy) is 3. The van der Waals surface area contributed by atoms with Crippen LogP contribution in [-0.2, 0) is 15.0 Å². The Morgan fingerprint density at radius 3 is 3.00 bits per heavy atom. The molecule has 0 radical (unpaired) electrons. The summed E-state index contributed by atoms with van der Waals surface area (Å²) in [7, 11) is 0. The number of fused-ring (bicyclic) bond motifs is 4. The van der Waals surface area contributed by atoms with Crippen LogP contribution in [0.2, 0.25) is 0 Å². The van der Waals surface area contributed by atoms with E-state index >= 15 is 0 Å². The minimum Gasteiger partial charge on any atom is -0.487 e. The number of benzene rings is 1. The zero-order valence-electron chi connectivity index (χ0n) is 14.0. The van der Waals surface area contributed by atoms with Crippen molar-refractivity contribution in [2.75, 3.05) is 13.2 Å². The Labute approximate surface area is 149 Å². The van der Waals surface area contributed by atoms with Crippen molar-refractivity contribution in [3.8, 4) is 16.9 Å². The second kappa shape index (κ2) is 5.67. The summed E-state index contributed by atoms with van der Waals surface area (Å²) in [6.45, 7) is 0.934. The number of nitrogens with two attached hydrogens (primary N) is 1. The molecule has 2 unspecified atom stereocenters. The van der Waals surface area contributed by atoms with Crippen LogP contribution in [0.5, 0.6) is 5.75 Å². The van der Waals surface area contributed by atoms with Gasteiger partial charge in [0.15, 0.2) is 5.54 Å². The number of halogens is 1. The molecule has 5 rings (SSSR count). The van der Waals surface area contributed by atoms with Gasteiger partial charge in [-0.25, -0.2) is 9.98 Å². The smallest absolute Gasteiger partial charge is 0.283 e. The lowest BCUT2D eigenvalue weighted by atomic mass is 9.77. The van der Waals surface area contributed by atoms with E-state index < -0.39 is 11.5 Å². The van der Waals surface area contributed by atoms with Crippen molar-refractivity contribution in [2.24, 2.45) is 10.7 Å². The molecule has 4 heterocycles. The van der Waals surface area contributed by atoms with E-state index in [1.54, 1.807) is 12.1 Å². The summed E-state index contributed by atoms with van der Waals surface area (Å²) in [4.78, 5) is 8.36. The lowest BCUT2D eigenvalue weighted by molar-refractivity contribution is -0.117. The number of amidine groups is 1. The van der Waals surface area contributed by atoms with Crippen LogP contribution >= 0.6 is 0 Å². The molecule has 7 heteroatoms. The van der Waals surface area contributed by atoms with Crippen molar-refractivity contribution in [3.05, 3.63) is 48.0 Å². The summed E-state index contributed by atoms with van der Waals surface area (Å²) in [6.07, 6.45) is 2.87. The van der Waals surface area contributed by atoms with Gasteiger partial charge in [0.25, 0.3) is 6.02 Å². The Morgan fingerprint density at radius 2 is 2.19 bits per heavy atom. The molecule has 0 aliphatic carbocycles. The molecule has 3 aliphatic rings. The Kier molecular flexibility index (Phi) is 3.40. The summed E-state index contributed by atoms with van der Waals surface area (Å²) < 4.78 is 31.9. The molecule has 6 nitrogen and oxygen atoms in total. The first-order valence-corrected chi connectivity index (χ1v) is 8.69. The van der Waals surface area contributed by atoms with Crippen molar-refractivity contribution < 1.29 is 18.6 Å². The predicted octanol–water partition coefficient (Wildman–Crippen LogP) is 2.37. The Morgan fingerprint density at radius 1 is 1.27 bits per heavy atom. The van der Waals surface area contributed by atoms with Gasteiger partial charge in [-0.05, 0) is 42.7 Å². The van der Waals surface area contributed by atoms with E-state index in [1.165, 1.54) is 6.20 Å². The maximum atomic E-state index is 14.2. The average molecular weight is 355 g/mol. The van der Waals surface area contributed by atoms with Gasteiger partial charge in [-0.15, -0.1) is 0 Å². The highest BCUT2D eigenvalue weighted by Gasteiger charge is 2.55. The summed E-state index contributed by atoms with van der Waals surface area (Å²) in [5.74, 6) is 0.197. The minimum absolute atomic E-state index is 0.101. The fourth-order valence-corrected chi connectivity index (χ4v) is 4.10. The van der Waals surface area contributed by atoms with Crippen LogP contribution in [-0.4, -0.2) is 36.4 Å². The Balaban J connectivity index is 1.69. The minimum atomic E-state index is -0.766. The molecule has 3 atom stereocenters. The zero-order chi connectivity index (χ0) is 17.7. The summed E-state index contributed by atoms with van der Waals surface area (Å²) in [5.41, 5.74) is 7.02. The maximum absolute atomic E-state index is 14.2. The zero-order valence-corrected chi connectivity index (χ0v) is 14.0. The van der Waals surface area contributed by atoms with Crippen LogP contribution in [0.3, 0.4) is 0 Å². The Bertz CT molecular complexity index is 903. The largest absolute Gasteiger partial charge is 0.487 e. The van der Waals surface area contributed by atoms with Crippen LogP contribution in [0.1, 0.15) is 18.4 Å². The fraction of sp³-hybridized carbons (Fsp3) is 0.368. The second-order valence-electron chi connectivity index (χ2n) is 6.81. The number of hydrogen-bond acceptors (Lipinski definition) is 6. The Hall–Kier alpha value is -2.67. The first-order chi connectivity index (χ1) is 12.7. The normalized spacial score (nSPS) is 29.3. The first-order valence-electron chi connectivity index (χ1n) is 8.69. The van der Waals surface area contributed by atoms with Gasteiger partial charge in [-0.2, -0.15) is 4.39 Å². The number of rotatable bonds is 1. The third-order valence-electron chi connectivity index (χ3n) is 5.28. The van der Waals surface area contributed by atoms with E-state index in [0.29, 0.717) is 23.5 Å². The van der Waals surface area contributed by atoms with Gasteiger partial charge in [0, 0.05) is 23.9 Å². The lowest BCUT2D eigenvalue weighted by Gasteiger charge is -2.45. The van der Waals surface area contributed by atoms with E-state index in [-0.39, 0.29) is 24.8 Å². The van der Waals surface area contributed by atoms with Crippen LogP contribution in [0.25, 0.3) is 11.1 Å². The second-order valence-corrected chi connectivity index (χ2v) is 6.81. The number of nitrogens with zero attached hydrogens (tertiary/aromatic N) is 2. The van der Waals surface area contributed by atoms with Crippen LogP contribution < -0.4 is 10.5 Å². The highest BCUT2D eigenvalue weighted by atomic mass is 19.1. The maximum Gasteiger partial charge on any atom is 0.283 e. The van der Waals surface area contributed by atoms with Gasteiger partial charge in [-0.1, -0.05) is 6.07 Å². The summed E-state index contributed by atoms with van der Waals surface area (Å²) >= 11 is 0. The molecule has 2 N–H and O–H groups in total. The van der Waals surface area contributed by atoms with Gasteiger partial charge in [0.2, 0.25) is 5.95 Å². The molecule has 1 spiro atoms. The van der Waals surface area contributed by atoms with Gasteiger partial charge in [0.05, 0.1) is 0 Å². The van der Waals surface area contributed by atoms with E-state index in [0.717, 1.165) is 18.4 Å². The van der Waals surface area contributed by atoms with E-state index in [2.05, 4.69) is 9.98 Å². The third-order valence-corrected chi connectivity index (χ3v) is 5.28. The highest BCUT2D eigenvalue weighted by Crippen LogP contribution is 2.49. The highest BCUT2D eigenvalue weighted by molar-refractivity contribution is 5.75. The average Bonchev–Trinajstić information content (AvgIpc) is 3.05. The summed E-state index contributed by atoms with van der Waals surface area (Å²) in [5, 5.41) is 0. The molecule has 1 fully saturated rings. The lowest BCUT2D eigenvalue weighted by Crippen LogP contribution is -2.55. The fourth-order valence-electron chi connectivity index (χ4n) is 4.10. The molecular weight excluding hydrogens is 337 g/mol. The standard InChI is InChI=1S/C19H18FN3O3/c20-17-12(3-1-7-22-17)11-5-6-14-13(9-11)19(10-25-18(21)23-19)16-15(26-14)4-2-8-24-16/h1,3,5-7,9,15-16H,2,4,8,10H2,(H2,21,23)/t15?,16-,19?/m0/s1. The molecule has 3 aliphatic heterocycles. The number of hydrogen-bond donors (Lipinski definition) is 1. The van der Waals surface area contributed by atoms with Gasteiger partial charge >= 0.3 is 0 Å². The van der Waals surface area contributed by atoms with Crippen LogP contribution in [0, 0.1) is 5.95 Å². The van der Waals surface area contributed by atoms with E-state index in [1.807, 2.05) is 18.2 Å². The van der Waals surface area contributed by atoms with Crippen LogP contribution in [0.15, 0.2) is 41.5 Å². The SMILES string of the molecule is NC1=NC2(CO1)c1cc(-c3cccnc3F)ccc1OC1CCCO[C@@H]12.